The standard InChI is InChI=1S/C30H45NO2/c1-6-23(2)7-11-26-12-15-28(21-24(26)3)30(4,5)27-13-8-25(9-14-27)10-16-29(32)22-31-17-19-33-20-18-31/h8-9,12-15,21,23,29,32H,6-7,10-11,16-20,22H2,1-5H3/t23-,29+/m1/s1. The highest BCUT2D eigenvalue weighted by molar-refractivity contribution is 5.42. The Balaban J connectivity index is 1.57. The maximum Gasteiger partial charge on any atom is 0.0670 e. The SMILES string of the molecule is CC[C@@H](C)CCc1ccc(C(C)(C)c2ccc(CC[C@H](O)CN3CCOCC3)cc2)cc1C. The summed E-state index contributed by atoms with van der Waals surface area (Å²) < 4.78 is 5.39. The van der Waals surface area contributed by atoms with Crippen LogP contribution in [-0.2, 0) is 23.0 Å². The van der Waals surface area contributed by atoms with E-state index in [2.05, 4.69) is 82.0 Å². The number of morpholine rings is 1. The average molecular weight is 452 g/mol. The van der Waals surface area contributed by atoms with Crippen molar-refractivity contribution < 1.29 is 9.84 Å². The van der Waals surface area contributed by atoms with Gasteiger partial charge in [0.15, 0.2) is 0 Å². The molecule has 182 valence electrons. The maximum atomic E-state index is 10.4. The van der Waals surface area contributed by atoms with Gasteiger partial charge in [-0.1, -0.05) is 76.6 Å². The number of ether oxygens (including phenoxy) is 1. The molecule has 1 aliphatic heterocycles. The van der Waals surface area contributed by atoms with E-state index in [-0.39, 0.29) is 11.5 Å². The molecule has 0 amide bonds. The van der Waals surface area contributed by atoms with Gasteiger partial charge < -0.3 is 9.84 Å². The summed E-state index contributed by atoms with van der Waals surface area (Å²) >= 11 is 0. The summed E-state index contributed by atoms with van der Waals surface area (Å²) in [6.07, 6.45) is 5.14. The third-order valence-electron chi connectivity index (χ3n) is 7.68. The van der Waals surface area contributed by atoms with E-state index in [1.165, 1.54) is 47.1 Å². The van der Waals surface area contributed by atoms with Crippen LogP contribution in [0.2, 0.25) is 0 Å². The van der Waals surface area contributed by atoms with E-state index in [0.717, 1.165) is 51.6 Å². The van der Waals surface area contributed by atoms with Crippen molar-refractivity contribution in [3.05, 3.63) is 70.3 Å². The molecule has 3 nitrogen and oxygen atoms in total. The number of aliphatic hydroxyl groups is 1. The number of β-amino-alcohol motifs (C(OH)–C–C–N with tert-alkyl or cyclic N) is 1. The fourth-order valence-electron chi connectivity index (χ4n) is 4.73. The number of aliphatic hydroxyl groups excluding tert-OH is 1. The Labute approximate surface area is 202 Å². The van der Waals surface area contributed by atoms with E-state index in [4.69, 9.17) is 4.74 Å². The molecule has 0 spiro atoms. The van der Waals surface area contributed by atoms with E-state index in [0.29, 0.717) is 0 Å². The van der Waals surface area contributed by atoms with Gasteiger partial charge in [-0.25, -0.2) is 0 Å². The molecule has 2 atom stereocenters. The third-order valence-corrected chi connectivity index (χ3v) is 7.68. The molecule has 1 N–H and O–H groups in total. The second-order valence-corrected chi connectivity index (χ2v) is 10.6. The quantitative estimate of drug-likeness (QED) is 0.460. The van der Waals surface area contributed by atoms with Crippen LogP contribution >= 0.6 is 0 Å². The lowest BCUT2D eigenvalue weighted by Gasteiger charge is -2.28. The minimum Gasteiger partial charge on any atom is -0.392 e. The fourth-order valence-corrected chi connectivity index (χ4v) is 4.73. The van der Waals surface area contributed by atoms with Gasteiger partial charge >= 0.3 is 0 Å². The monoisotopic (exact) mass is 451 g/mol. The minimum absolute atomic E-state index is 0.0334. The molecule has 2 aromatic carbocycles. The minimum atomic E-state index is -0.277. The summed E-state index contributed by atoms with van der Waals surface area (Å²) in [6.45, 7) is 15.7. The number of aryl methyl sites for hydroxylation is 3. The van der Waals surface area contributed by atoms with E-state index >= 15 is 0 Å². The topological polar surface area (TPSA) is 32.7 Å². The fraction of sp³-hybridized carbons (Fsp3) is 0.600. The van der Waals surface area contributed by atoms with E-state index in [1.54, 1.807) is 0 Å². The zero-order valence-electron chi connectivity index (χ0n) is 21.6. The Morgan fingerprint density at radius 1 is 0.970 bits per heavy atom. The number of hydrogen-bond donors (Lipinski definition) is 1. The van der Waals surface area contributed by atoms with Crippen molar-refractivity contribution >= 4 is 0 Å². The van der Waals surface area contributed by atoms with Gasteiger partial charge in [0.05, 0.1) is 19.3 Å². The Bertz CT molecular complexity index is 852. The largest absolute Gasteiger partial charge is 0.392 e. The van der Waals surface area contributed by atoms with Crippen molar-refractivity contribution in [3.8, 4) is 0 Å². The first-order valence-corrected chi connectivity index (χ1v) is 13.0. The summed E-state index contributed by atoms with van der Waals surface area (Å²) in [5, 5.41) is 10.4. The second kappa shape index (κ2) is 12.1. The third kappa shape index (κ3) is 7.40. The van der Waals surface area contributed by atoms with E-state index < -0.39 is 0 Å². The smallest absolute Gasteiger partial charge is 0.0670 e. The summed E-state index contributed by atoms with van der Waals surface area (Å²) in [5.41, 5.74) is 6.88. The van der Waals surface area contributed by atoms with Crippen molar-refractivity contribution in [1.29, 1.82) is 0 Å². The normalized spacial score (nSPS) is 17.2. The molecular weight excluding hydrogens is 406 g/mol. The molecular formula is C30H45NO2. The van der Waals surface area contributed by atoms with Crippen molar-refractivity contribution in [2.24, 2.45) is 5.92 Å². The molecule has 0 bridgehead atoms. The van der Waals surface area contributed by atoms with Gasteiger partial charge in [-0.15, -0.1) is 0 Å². The summed E-state index contributed by atoms with van der Waals surface area (Å²) in [7, 11) is 0. The molecule has 0 aliphatic carbocycles. The number of benzene rings is 2. The zero-order chi connectivity index (χ0) is 23.8. The Kier molecular flexibility index (Phi) is 9.55. The van der Waals surface area contributed by atoms with Gasteiger partial charge in [0, 0.05) is 25.0 Å². The number of nitrogens with zero attached hydrogens (tertiary/aromatic N) is 1. The van der Waals surface area contributed by atoms with Crippen molar-refractivity contribution in [3.63, 3.8) is 0 Å². The lowest BCUT2D eigenvalue weighted by atomic mass is 9.77. The van der Waals surface area contributed by atoms with Crippen molar-refractivity contribution in [1.82, 2.24) is 4.90 Å². The highest BCUT2D eigenvalue weighted by Gasteiger charge is 2.24. The van der Waals surface area contributed by atoms with Crippen molar-refractivity contribution in [2.45, 2.75) is 78.2 Å². The molecule has 0 radical (unpaired) electrons. The Hall–Kier alpha value is -1.68. The highest BCUT2D eigenvalue weighted by atomic mass is 16.5. The molecule has 1 aliphatic rings. The van der Waals surface area contributed by atoms with Crippen LogP contribution in [0.4, 0.5) is 0 Å². The van der Waals surface area contributed by atoms with Crippen LogP contribution in [0.3, 0.4) is 0 Å². The molecule has 33 heavy (non-hydrogen) atoms. The molecule has 1 saturated heterocycles. The second-order valence-electron chi connectivity index (χ2n) is 10.6. The van der Waals surface area contributed by atoms with Crippen LogP contribution in [-0.4, -0.2) is 49.0 Å². The highest BCUT2D eigenvalue weighted by Crippen LogP contribution is 2.33. The number of hydrogen-bond acceptors (Lipinski definition) is 3. The van der Waals surface area contributed by atoms with Crippen LogP contribution in [0.1, 0.15) is 74.8 Å². The van der Waals surface area contributed by atoms with Gasteiger partial charge in [-0.05, 0) is 66.3 Å². The summed E-state index contributed by atoms with van der Waals surface area (Å²) in [6, 6.07) is 16.1. The zero-order valence-corrected chi connectivity index (χ0v) is 21.6. The first kappa shape index (κ1) is 25.9. The van der Waals surface area contributed by atoms with Crippen LogP contribution in [0.25, 0.3) is 0 Å². The van der Waals surface area contributed by atoms with Gasteiger partial charge in [-0.3, -0.25) is 4.90 Å². The molecule has 0 saturated carbocycles. The first-order chi connectivity index (χ1) is 15.8. The predicted octanol–water partition coefficient (Wildman–Crippen LogP) is 5.93. The molecule has 3 heteroatoms. The lowest BCUT2D eigenvalue weighted by molar-refractivity contribution is 0.0133. The van der Waals surface area contributed by atoms with Gasteiger partial charge in [0.25, 0.3) is 0 Å². The maximum absolute atomic E-state index is 10.4. The summed E-state index contributed by atoms with van der Waals surface area (Å²) in [5.74, 6) is 0.791. The molecule has 0 aromatic heterocycles. The molecule has 2 aromatic rings. The van der Waals surface area contributed by atoms with E-state index in [1.807, 2.05) is 0 Å². The molecule has 0 unspecified atom stereocenters. The van der Waals surface area contributed by atoms with Crippen LogP contribution < -0.4 is 0 Å². The van der Waals surface area contributed by atoms with Crippen molar-refractivity contribution in [2.75, 3.05) is 32.8 Å². The predicted molar refractivity (Wildman–Crippen MR) is 139 cm³/mol. The Morgan fingerprint density at radius 2 is 1.64 bits per heavy atom. The van der Waals surface area contributed by atoms with Gasteiger partial charge in [0.2, 0.25) is 0 Å². The van der Waals surface area contributed by atoms with Gasteiger partial charge in [0.1, 0.15) is 0 Å². The lowest BCUT2D eigenvalue weighted by Crippen LogP contribution is -2.41. The van der Waals surface area contributed by atoms with Crippen LogP contribution in [0.5, 0.6) is 0 Å². The molecule has 1 fully saturated rings. The molecule has 3 rings (SSSR count). The molecule has 1 heterocycles. The van der Waals surface area contributed by atoms with E-state index in [9.17, 15) is 5.11 Å². The van der Waals surface area contributed by atoms with Gasteiger partial charge in [-0.2, -0.15) is 0 Å². The first-order valence-electron chi connectivity index (χ1n) is 13.0. The Morgan fingerprint density at radius 3 is 2.27 bits per heavy atom. The average Bonchev–Trinajstić information content (AvgIpc) is 2.82. The number of rotatable bonds is 11. The van der Waals surface area contributed by atoms with Crippen LogP contribution in [0, 0.1) is 12.8 Å². The van der Waals surface area contributed by atoms with Crippen LogP contribution in [0.15, 0.2) is 42.5 Å². The summed E-state index contributed by atoms with van der Waals surface area (Å²) in [4.78, 5) is 2.30.